The lowest BCUT2D eigenvalue weighted by molar-refractivity contribution is -0.00518. The largest absolute Gasteiger partial charge is 0.310 e. The quantitative estimate of drug-likeness (QED) is 0.143. The summed E-state index contributed by atoms with van der Waals surface area (Å²) in [6.07, 6.45) is 15.9. The number of fused-ring (bicyclic) bond motifs is 2. The standard InChI is InChI=1S/C64H60N2/c1-3-11-59-49(7-1)9-5-13-61(59)65(57-27-19-51(20-28-57)63-52-35-42-31-43(37-52)38-53(63)36-42)55-23-15-47(16-24-55)48-17-25-56(26-18-48)66(62-14-6-10-50-8-2-4-12-60(50)62)58-29-21-54(22-30-58)64-39-44-32-45(40-64)34-46(33-44)41-64/h1-30,42-46,52-53,63H,31-41H2. The first-order chi connectivity index (χ1) is 32.6. The molecule has 0 heterocycles. The van der Waals surface area contributed by atoms with E-state index in [1.807, 2.05) is 0 Å². The van der Waals surface area contributed by atoms with Gasteiger partial charge in [0, 0.05) is 33.5 Å². The van der Waals surface area contributed by atoms with Crippen LogP contribution in [0.4, 0.5) is 34.1 Å². The number of hydrogen-bond donors (Lipinski definition) is 0. The lowest BCUT2D eigenvalue weighted by atomic mass is 9.48. The number of nitrogens with zero attached hydrogens (tertiary/aromatic N) is 2. The number of benzene rings is 8. The average Bonchev–Trinajstić information content (AvgIpc) is 3.35. The number of hydrogen-bond acceptors (Lipinski definition) is 2. The van der Waals surface area contributed by atoms with E-state index in [0.717, 1.165) is 47.3 Å². The molecule has 8 saturated carbocycles. The molecule has 0 radical (unpaired) electrons. The molecule has 0 N–H and O–H groups in total. The molecule has 2 heteroatoms. The summed E-state index contributed by atoms with van der Waals surface area (Å²) in [5, 5.41) is 5.06. The zero-order valence-corrected chi connectivity index (χ0v) is 38.1. The third-order valence-electron chi connectivity index (χ3n) is 18.1. The normalized spacial score (nSPS) is 28.0. The summed E-state index contributed by atoms with van der Waals surface area (Å²) in [5.74, 6) is 7.30. The van der Waals surface area contributed by atoms with E-state index in [-0.39, 0.29) is 0 Å². The zero-order chi connectivity index (χ0) is 43.3. The number of rotatable bonds is 9. The van der Waals surface area contributed by atoms with E-state index >= 15 is 0 Å². The Bertz CT molecular complexity index is 3000. The molecule has 66 heavy (non-hydrogen) atoms. The Morgan fingerprint density at radius 1 is 0.333 bits per heavy atom. The Morgan fingerprint density at radius 3 is 1.17 bits per heavy atom. The predicted molar refractivity (Wildman–Crippen MR) is 276 cm³/mol. The van der Waals surface area contributed by atoms with Crippen molar-refractivity contribution in [2.45, 2.75) is 82.0 Å². The summed E-state index contributed by atoms with van der Waals surface area (Å²) in [7, 11) is 0. The molecule has 8 aromatic rings. The molecule has 16 rings (SSSR count). The molecule has 8 aromatic carbocycles. The number of anilines is 6. The Balaban J connectivity index is 0.790. The van der Waals surface area contributed by atoms with Gasteiger partial charge in [0.2, 0.25) is 0 Å². The maximum Gasteiger partial charge on any atom is 0.0540 e. The van der Waals surface area contributed by atoms with Crippen LogP contribution in [0.2, 0.25) is 0 Å². The molecule has 326 valence electrons. The van der Waals surface area contributed by atoms with Gasteiger partial charge in [-0.05, 0) is 217 Å². The van der Waals surface area contributed by atoms with E-state index in [2.05, 4.69) is 192 Å². The molecule has 2 nitrogen and oxygen atoms in total. The molecule has 8 fully saturated rings. The van der Waals surface area contributed by atoms with Crippen molar-refractivity contribution in [3.8, 4) is 11.1 Å². The van der Waals surface area contributed by atoms with E-state index in [4.69, 9.17) is 0 Å². The van der Waals surface area contributed by atoms with Crippen LogP contribution in [0.5, 0.6) is 0 Å². The minimum absolute atomic E-state index is 0.388. The molecule has 0 spiro atoms. The molecule has 0 atom stereocenters. The third kappa shape index (κ3) is 6.57. The van der Waals surface area contributed by atoms with Gasteiger partial charge in [0.15, 0.2) is 0 Å². The van der Waals surface area contributed by atoms with Crippen molar-refractivity contribution < 1.29 is 0 Å². The van der Waals surface area contributed by atoms with Crippen molar-refractivity contribution in [3.63, 3.8) is 0 Å². The zero-order valence-electron chi connectivity index (χ0n) is 38.1. The van der Waals surface area contributed by atoms with Crippen molar-refractivity contribution in [3.05, 3.63) is 193 Å². The SMILES string of the molecule is c1ccc2c(N(c3ccc(-c4ccc(N(c5ccc(C67CC8CC(CC(C8)C6)C7)cc5)c5cccc6ccccc56)cc4)cc3)c3ccc(C4C5CC6CC(C5)CC4C6)cc3)cccc2c1. The van der Waals surface area contributed by atoms with Crippen LogP contribution in [-0.2, 0) is 5.41 Å². The highest BCUT2D eigenvalue weighted by Crippen LogP contribution is 2.62. The first kappa shape index (κ1) is 39.1. The fourth-order valence-corrected chi connectivity index (χ4v) is 16.0. The smallest absolute Gasteiger partial charge is 0.0540 e. The fourth-order valence-electron chi connectivity index (χ4n) is 16.0. The van der Waals surface area contributed by atoms with Gasteiger partial charge in [-0.25, -0.2) is 0 Å². The highest BCUT2D eigenvalue weighted by Gasteiger charge is 2.52. The summed E-state index contributed by atoms with van der Waals surface area (Å²) in [5.41, 5.74) is 13.2. The van der Waals surface area contributed by atoms with E-state index in [0.29, 0.717) is 5.41 Å². The minimum atomic E-state index is 0.388. The van der Waals surface area contributed by atoms with Gasteiger partial charge in [-0.3, -0.25) is 0 Å². The van der Waals surface area contributed by atoms with Gasteiger partial charge in [-0.2, -0.15) is 0 Å². The third-order valence-corrected chi connectivity index (χ3v) is 18.1. The van der Waals surface area contributed by atoms with Crippen LogP contribution in [0.3, 0.4) is 0 Å². The minimum Gasteiger partial charge on any atom is -0.310 e. The maximum atomic E-state index is 2.50. The monoisotopic (exact) mass is 856 g/mol. The Morgan fingerprint density at radius 2 is 0.712 bits per heavy atom. The summed E-state index contributed by atoms with van der Waals surface area (Å²) in [4.78, 5) is 4.96. The molecular formula is C64H60N2. The van der Waals surface area contributed by atoms with Crippen LogP contribution in [0.15, 0.2) is 182 Å². The first-order valence-corrected chi connectivity index (χ1v) is 25.5. The Hall–Kier alpha value is -6.12. The predicted octanol–water partition coefficient (Wildman–Crippen LogP) is 17.6. The second-order valence-electron chi connectivity index (χ2n) is 22.1. The molecule has 8 bridgehead atoms. The van der Waals surface area contributed by atoms with Crippen LogP contribution >= 0.6 is 0 Å². The van der Waals surface area contributed by atoms with Crippen LogP contribution < -0.4 is 9.80 Å². The van der Waals surface area contributed by atoms with Gasteiger partial charge in [-0.15, -0.1) is 0 Å². The van der Waals surface area contributed by atoms with Crippen molar-refractivity contribution >= 4 is 55.7 Å². The molecule has 0 unspecified atom stereocenters. The van der Waals surface area contributed by atoms with Gasteiger partial charge in [0.25, 0.3) is 0 Å². The lowest BCUT2D eigenvalue weighted by Gasteiger charge is -2.57. The molecule has 0 saturated heterocycles. The van der Waals surface area contributed by atoms with Gasteiger partial charge in [0.1, 0.15) is 0 Å². The van der Waals surface area contributed by atoms with Crippen LogP contribution in [0.1, 0.15) is 87.7 Å². The molecule has 8 aliphatic carbocycles. The highest BCUT2D eigenvalue weighted by molar-refractivity contribution is 6.00. The van der Waals surface area contributed by atoms with Gasteiger partial charge < -0.3 is 9.80 Å². The Kier molecular flexibility index (Phi) is 9.17. The van der Waals surface area contributed by atoms with Crippen molar-refractivity contribution in [1.82, 2.24) is 0 Å². The van der Waals surface area contributed by atoms with Crippen LogP contribution in [-0.4, -0.2) is 0 Å². The summed E-state index contributed by atoms with van der Waals surface area (Å²) < 4.78 is 0. The second kappa shape index (κ2) is 15.5. The van der Waals surface area contributed by atoms with Crippen molar-refractivity contribution in [2.24, 2.45) is 41.4 Å². The van der Waals surface area contributed by atoms with E-state index in [1.54, 1.807) is 11.1 Å². The van der Waals surface area contributed by atoms with Crippen molar-refractivity contribution in [1.29, 1.82) is 0 Å². The van der Waals surface area contributed by atoms with E-state index in [9.17, 15) is 0 Å². The first-order valence-electron chi connectivity index (χ1n) is 25.5. The summed E-state index contributed by atoms with van der Waals surface area (Å²) in [6.45, 7) is 0. The fraction of sp³-hybridized carbons (Fsp3) is 0.312. The Labute approximate surface area is 391 Å². The highest BCUT2D eigenvalue weighted by atomic mass is 15.1. The lowest BCUT2D eigenvalue weighted by Crippen LogP contribution is -2.48. The molecule has 0 aromatic heterocycles. The summed E-state index contributed by atoms with van der Waals surface area (Å²) in [6, 6.07) is 69.3. The second-order valence-corrected chi connectivity index (χ2v) is 22.1. The maximum absolute atomic E-state index is 2.50. The van der Waals surface area contributed by atoms with E-state index in [1.165, 1.54) is 137 Å². The van der Waals surface area contributed by atoms with Crippen LogP contribution in [0.25, 0.3) is 32.7 Å². The van der Waals surface area contributed by atoms with E-state index < -0.39 is 0 Å². The van der Waals surface area contributed by atoms with Crippen molar-refractivity contribution in [2.75, 3.05) is 9.80 Å². The molecular weight excluding hydrogens is 797 g/mol. The molecule has 0 aliphatic heterocycles. The van der Waals surface area contributed by atoms with Gasteiger partial charge in [0.05, 0.1) is 11.4 Å². The topological polar surface area (TPSA) is 6.48 Å². The molecule has 0 amide bonds. The molecule has 8 aliphatic rings. The summed E-state index contributed by atoms with van der Waals surface area (Å²) >= 11 is 0. The van der Waals surface area contributed by atoms with Gasteiger partial charge >= 0.3 is 0 Å². The van der Waals surface area contributed by atoms with Gasteiger partial charge in [-0.1, -0.05) is 121 Å². The average molecular weight is 857 g/mol. The van der Waals surface area contributed by atoms with Crippen LogP contribution in [0, 0.1) is 41.4 Å².